The summed E-state index contributed by atoms with van der Waals surface area (Å²) in [4.78, 5) is 17.9. The smallest absolute Gasteiger partial charge is 0.228 e. The number of benzene rings is 1. The van der Waals surface area contributed by atoms with Crippen molar-refractivity contribution in [3.05, 3.63) is 45.7 Å². The van der Waals surface area contributed by atoms with Gasteiger partial charge in [-0.3, -0.25) is 4.79 Å². The first-order valence-corrected chi connectivity index (χ1v) is 7.35. The van der Waals surface area contributed by atoms with Crippen LogP contribution >= 0.6 is 11.3 Å². The van der Waals surface area contributed by atoms with Crippen LogP contribution in [0.25, 0.3) is 0 Å². The number of methoxy groups -OCH3 is 1. The first-order chi connectivity index (χ1) is 9.99. The SMILES string of the molecule is COc1ccc(CN(C)C(=O)Cc2csc(C)n2)cc1F. The molecule has 1 heterocycles. The number of halogens is 1. The second-order valence-electron chi connectivity index (χ2n) is 4.75. The first kappa shape index (κ1) is 15.4. The second-order valence-corrected chi connectivity index (χ2v) is 5.82. The van der Waals surface area contributed by atoms with Crippen LogP contribution in [0.2, 0.25) is 0 Å². The van der Waals surface area contributed by atoms with E-state index in [2.05, 4.69) is 4.98 Å². The summed E-state index contributed by atoms with van der Waals surface area (Å²) in [5, 5.41) is 2.83. The largest absolute Gasteiger partial charge is 0.494 e. The normalized spacial score (nSPS) is 10.5. The molecule has 0 unspecified atom stereocenters. The number of aromatic nitrogens is 1. The number of likely N-dealkylation sites (N-methyl/N-ethyl adjacent to an activating group) is 1. The minimum absolute atomic E-state index is 0.0449. The molecule has 112 valence electrons. The number of hydrogen-bond donors (Lipinski definition) is 0. The van der Waals surface area contributed by atoms with Gasteiger partial charge in [0.25, 0.3) is 0 Å². The van der Waals surface area contributed by atoms with Gasteiger partial charge in [-0.25, -0.2) is 9.37 Å². The Morgan fingerprint density at radius 1 is 1.48 bits per heavy atom. The van der Waals surface area contributed by atoms with Gasteiger partial charge in [0.15, 0.2) is 11.6 Å². The van der Waals surface area contributed by atoms with Crippen LogP contribution in [0.1, 0.15) is 16.3 Å². The summed E-state index contributed by atoms with van der Waals surface area (Å²) >= 11 is 1.52. The lowest BCUT2D eigenvalue weighted by molar-refractivity contribution is -0.129. The van der Waals surface area contributed by atoms with E-state index < -0.39 is 5.82 Å². The van der Waals surface area contributed by atoms with Crippen LogP contribution in [0.4, 0.5) is 4.39 Å². The third-order valence-electron chi connectivity index (χ3n) is 3.06. The van der Waals surface area contributed by atoms with E-state index in [4.69, 9.17) is 4.74 Å². The molecule has 0 aliphatic rings. The summed E-state index contributed by atoms with van der Waals surface area (Å²) in [5.41, 5.74) is 1.49. The predicted octanol–water partition coefficient (Wildman–Crippen LogP) is 2.80. The standard InChI is InChI=1S/C15H17FN2O2S/c1-10-17-12(9-21-10)7-15(19)18(2)8-11-4-5-14(20-3)13(16)6-11/h4-6,9H,7-8H2,1-3H3. The molecular weight excluding hydrogens is 291 g/mol. The van der Waals surface area contributed by atoms with Crippen LogP contribution in [0.3, 0.4) is 0 Å². The number of rotatable bonds is 5. The molecule has 1 amide bonds. The monoisotopic (exact) mass is 308 g/mol. The first-order valence-electron chi connectivity index (χ1n) is 6.47. The predicted molar refractivity (Wildman–Crippen MR) is 80.0 cm³/mol. The molecule has 1 aromatic heterocycles. The molecule has 0 N–H and O–H groups in total. The highest BCUT2D eigenvalue weighted by molar-refractivity contribution is 7.09. The summed E-state index contributed by atoms with van der Waals surface area (Å²) in [6.45, 7) is 2.26. The van der Waals surface area contributed by atoms with Crippen molar-refractivity contribution in [1.82, 2.24) is 9.88 Å². The van der Waals surface area contributed by atoms with Crippen molar-refractivity contribution in [1.29, 1.82) is 0 Å². The quantitative estimate of drug-likeness (QED) is 0.853. The van der Waals surface area contributed by atoms with Gasteiger partial charge in [-0.15, -0.1) is 11.3 Å². The molecule has 0 bridgehead atoms. The number of ether oxygens (including phenoxy) is 1. The van der Waals surface area contributed by atoms with E-state index in [1.807, 2.05) is 12.3 Å². The molecule has 2 aromatic rings. The zero-order valence-corrected chi connectivity index (χ0v) is 13.0. The lowest BCUT2D eigenvalue weighted by Gasteiger charge is -2.17. The maximum atomic E-state index is 13.6. The topological polar surface area (TPSA) is 42.4 Å². The third kappa shape index (κ3) is 4.01. The molecule has 0 aliphatic carbocycles. The zero-order valence-electron chi connectivity index (χ0n) is 12.2. The van der Waals surface area contributed by atoms with Crippen molar-refractivity contribution >= 4 is 17.2 Å². The Labute approximate surface area is 127 Å². The van der Waals surface area contributed by atoms with Gasteiger partial charge in [-0.1, -0.05) is 6.07 Å². The van der Waals surface area contributed by atoms with Gasteiger partial charge in [-0.05, 0) is 24.6 Å². The van der Waals surface area contributed by atoms with Crippen LogP contribution in [-0.2, 0) is 17.8 Å². The summed E-state index contributed by atoms with van der Waals surface area (Å²) in [7, 11) is 3.12. The second kappa shape index (κ2) is 6.67. The molecule has 2 rings (SSSR count). The van der Waals surface area contributed by atoms with Gasteiger partial charge in [0, 0.05) is 19.0 Å². The minimum atomic E-state index is -0.425. The summed E-state index contributed by atoms with van der Waals surface area (Å²) in [5.74, 6) is -0.270. The van der Waals surface area contributed by atoms with E-state index in [1.165, 1.54) is 24.5 Å². The average molecular weight is 308 g/mol. The van der Waals surface area contributed by atoms with Gasteiger partial charge in [0.2, 0.25) is 5.91 Å². The fraction of sp³-hybridized carbons (Fsp3) is 0.333. The van der Waals surface area contributed by atoms with E-state index in [-0.39, 0.29) is 18.1 Å². The van der Waals surface area contributed by atoms with Crippen LogP contribution in [-0.4, -0.2) is 29.9 Å². The molecule has 0 saturated carbocycles. The molecule has 0 atom stereocenters. The summed E-state index contributed by atoms with van der Waals surface area (Å²) < 4.78 is 18.5. The zero-order chi connectivity index (χ0) is 15.4. The Kier molecular flexibility index (Phi) is 4.90. The van der Waals surface area contributed by atoms with Crippen LogP contribution in [0.5, 0.6) is 5.75 Å². The Bertz CT molecular complexity index is 642. The number of carbonyl (C=O) groups is 1. The van der Waals surface area contributed by atoms with Gasteiger partial charge < -0.3 is 9.64 Å². The highest BCUT2D eigenvalue weighted by Crippen LogP contribution is 2.18. The van der Waals surface area contributed by atoms with E-state index in [9.17, 15) is 9.18 Å². The number of aryl methyl sites for hydroxylation is 1. The lowest BCUT2D eigenvalue weighted by Crippen LogP contribution is -2.27. The Morgan fingerprint density at radius 2 is 2.24 bits per heavy atom. The number of carbonyl (C=O) groups excluding carboxylic acids is 1. The molecule has 6 heteroatoms. The van der Waals surface area contributed by atoms with E-state index in [0.717, 1.165) is 16.3 Å². The Morgan fingerprint density at radius 3 is 2.81 bits per heavy atom. The van der Waals surface area contributed by atoms with Crippen LogP contribution in [0, 0.1) is 12.7 Å². The fourth-order valence-electron chi connectivity index (χ4n) is 1.95. The minimum Gasteiger partial charge on any atom is -0.494 e. The maximum absolute atomic E-state index is 13.6. The number of hydrogen-bond acceptors (Lipinski definition) is 4. The molecule has 4 nitrogen and oxygen atoms in total. The number of nitrogens with zero attached hydrogens (tertiary/aromatic N) is 2. The van der Waals surface area contributed by atoms with Crippen LogP contribution in [0.15, 0.2) is 23.6 Å². The molecule has 0 fully saturated rings. The Balaban J connectivity index is 1.98. The molecule has 1 aromatic carbocycles. The molecule has 0 aliphatic heterocycles. The number of amides is 1. The highest BCUT2D eigenvalue weighted by atomic mass is 32.1. The van der Waals surface area contributed by atoms with Crippen molar-refractivity contribution < 1.29 is 13.9 Å². The van der Waals surface area contributed by atoms with Gasteiger partial charge in [-0.2, -0.15) is 0 Å². The third-order valence-corrected chi connectivity index (χ3v) is 3.88. The fourth-order valence-corrected chi connectivity index (χ4v) is 2.56. The number of thiazole rings is 1. The van der Waals surface area contributed by atoms with E-state index in [0.29, 0.717) is 6.54 Å². The molecule has 21 heavy (non-hydrogen) atoms. The summed E-state index contributed by atoms with van der Waals surface area (Å²) in [6.07, 6.45) is 0.263. The molecular formula is C15H17FN2O2S. The Hall–Kier alpha value is -1.95. The lowest BCUT2D eigenvalue weighted by atomic mass is 10.2. The highest BCUT2D eigenvalue weighted by Gasteiger charge is 2.13. The van der Waals surface area contributed by atoms with E-state index >= 15 is 0 Å². The van der Waals surface area contributed by atoms with Crippen LogP contribution < -0.4 is 4.74 Å². The maximum Gasteiger partial charge on any atom is 0.228 e. The van der Waals surface area contributed by atoms with Crippen molar-refractivity contribution in [3.63, 3.8) is 0 Å². The van der Waals surface area contributed by atoms with E-state index in [1.54, 1.807) is 24.1 Å². The van der Waals surface area contributed by atoms with Gasteiger partial charge in [0.1, 0.15) is 0 Å². The average Bonchev–Trinajstić information content (AvgIpc) is 2.84. The summed E-state index contributed by atoms with van der Waals surface area (Å²) in [6, 6.07) is 4.70. The van der Waals surface area contributed by atoms with Crippen molar-refractivity contribution in [2.45, 2.75) is 19.9 Å². The van der Waals surface area contributed by atoms with Crippen molar-refractivity contribution in [2.24, 2.45) is 0 Å². The van der Waals surface area contributed by atoms with Gasteiger partial charge in [0.05, 0.1) is 24.2 Å². The molecule has 0 saturated heterocycles. The molecule has 0 spiro atoms. The molecule has 0 radical (unpaired) electrons. The van der Waals surface area contributed by atoms with Crippen molar-refractivity contribution in [2.75, 3.05) is 14.2 Å². The van der Waals surface area contributed by atoms with Crippen molar-refractivity contribution in [3.8, 4) is 5.75 Å². The van der Waals surface area contributed by atoms with Gasteiger partial charge >= 0.3 is 0 Å².